The number of nitrogens with one attached hydrogen (secondary N) is 2. The largest absolute Gasteiger partial charge is 0.408 e. The van der Waals surface area contributed by atoms with E-state index in [4.69, 9.17) is 75.6 Å². The predicted octanol–water partition coefficient (Wildman–Crippen LogP) is 6.75. The first-order valence-corrected chi connectivity index (χ1v) is 26.0. The van der Waals surface area contributed by atoms with Crippen LogP contribution in [0, 0.1) is 6.92 Å². The molecule has 5 atom stereocenters. The highest BCUT2D eigenvalue weighted by atomic mass is 35.5. The van der Waals surface area contributed by atoms with Gasteiger partial charge in [0.15, 0.2) is 0 Å². The molecule has 1 saturated heterocycles. The first kappa shape index (κ1) is 58.4. The first-order valence-electron chi connectivity index (χ1n) is 15.8. The zero-order valence-corrected chi connectivity index (χ0v) is 38.2. The van der Waals surface area contributed by atoms with E-state index in [0.29, 0.717) is 19.3 Å². The fourth-order valence-electron chi connectivity index (χ4n) is 3.18. The molecular weight excluding hydrogens is 831 g/mol. The average Bonchev–Trinajstić information content (AvgIpc) is 3.74. The molecule has 0 aromatic heterocycles. The Morgan fingerprint density at radius 3 is 1.47 bits per heavy atom. The smallest absolute Gasteiger partial charge is 0.395 e. The van der Waals surface area contributed by atoms with Crippen molar-refractivity contribution in [1.29, 1.82) is 0 Å². The summed E-state index contributed by atoms with van der Waals surface area (Å²) in [5.41, 5.74) is 6.02. The molecule has 0 saturated carbocycles. The van der Waals surface area contributed by atoms with E-state index in [2.05, 4.69) is 10.2 Å². The van der Waals surface area contributed by atoms with Crippen molar-refractivity contribution in [1.82, 2.24) is 14.8 Å². The third kappa shape index (κ3) is 37.4. The summed E-state index contributed by atoms with van der Waals surface area (Å²) in [6.45, 7) is 21.0. The summed E-state index contributed by atoms with van der Waals surface area (Å²) >= 11 is 19.1. The summed E-state index contributed by atoms with van der Waals surface area (Å²) < 4.78 is 75.1. The van der Waals surface area contributed by atoms with E-state index >= 15 is 0 Å². The molecule has 0 radical (unpaired) electrons. The number of hydrogen-bond acceptors (Lipinski definition) is 11. The normalized spacial score (nSPS) is 17.1. The zero-order chi connectivity index (χ0) is 41.1. The van der Waals surface area contributed by atoms with Crippen LogP contribution in [0.2, 0.25) is 0 Å². The molecule has 1 fully saturated rings. The van der Waals surface area contributed by atoms with Crippen molar-refractivity contribution in [3.05, 3.63) is 29.8 Å². The number of halogens is 4. The summed E-state index contributed by atoms with van der Waals surface area (Å²) in [5.74, 6) is 0. The Kier molecular flexibility index (Phi) is 36.4. The molecule has 1 aliphatic rings. The number of benzene rings is 1. The molecule has 1 aromatic rings. The average molecular weight is 895 g/mol. The van der Waals surface area contributed by atoms with Crippen LogP contribution in [0.25, 0.3) is 0 Å². The molecule has 1 aliphatic heterocycles. The maximum atomic E-state index is 11.9. The Morgan fingerprint density at radius 2 is 1.22 bits per heavy atom. The summed E-state index contributed by atoms with van der Waals surface area (Å²) in [7, 11) is -11.2. The monoisotopic (exact) mass is 892 g/mol. The van der Waals surface area contributed by atoms with Gasteiger partial charge in [-0.05, 0) is 60.6 Å². The molecule has 22 heteroatoms. The van der Waals surface area contributed by atoms with Gasteiger partial charge >= 0.3 is 7.75 Å². The van der Waals surface area contributed by atoms with Crippen LogP contribution in [0.4, 0.5) is 0 Å². The predicted molar refractivity (Wildman–Crippen MR) is 216 cm³/mol. The van der Waals surface area contributed by atoms with Crippen LogP contribution in [-0.2, 0) is 37.0 Å². The molecule has 2 rings (SSSR count). The van der Waals surface area contributed by atoms with Gasteiger partial charge in [-0.15, -0.1) is 46.4 Å². The zero-order valence-electron chi connectivity index (χ0n) is 31.7. The minimum absolute atomic E-state index is 0.0334. The van der Waals surface area contributed by atoms with Gasteiger partial charge in [-0.2, -0.15) is 8.42 Å². The van der Waals surface area contributed by atoms with Crippen molar-refractivity contribution >= 4 is 78.9 Å². The SMILES string of the molecule is CCOP(=O)(OCC)N1C[C@H]1C.C[C@@H](N)CO.C[C@H](CO)NP(C)(C)=O.Cc1ccc(S(=O)(=O)OC[C@@H](C)NP(C)(C)=O)cc1.ClCCl.ClCCl. The minimum atomic E-state index is -3.76. The fraction of sp³-hybridized carbons (Fsp3) is 0.793. The maximum Gasteiger partial charge on any atom is 0.408 e. The summed E-state index contributed by atoms with van der Waals surface area (Å²) in [4.78, 5) is 0.126. The van der Waals surface area contributed by atoms with Gasteiger partial charge in [-0.3, -0.25) is 23.4 Å². The molecule has 1 unspecified atom stereocenters. The van der Waals surface area contributed by atoms with Crippen LogP contribution in [0.1, 0.15) is 47.1 Å². The molecule has 0 amide bonds. The van der Waals surface area contributed by atoms with Crippen LogP contribution >= 0.6 is 68.7 Å². The van der Waals surface area contributed by atoms with E-state index in [1.165, 1.54) is 12.1 Å². The minimum Gasteiger partial charge on any atom is -0.395 e. The molecule has 0 bridgehead atoms. The lowest BCUT2D eigenvalue weighted by Crippen LogP contribution is -2.28. The van der Waals surface area contributed by atoms with Gasteiger partial charge in [0.25, 0.3) is 10.1 Å². The number of nitrogens with zero attached hydrogens (tertiary/aromatic N) is 1. The maximum absolute atomic E-state index is 11.9. The van der Waals surface area contributed by atoms with Crippen LogP contribution < -0.4 is 15.9 Å². The Hall–Kier alpha value is 0.660. The number of hydrogen-bond donors (Lipinski definition) is 5. The summed E-state index contributed by atoms with van der Waals surface area (Å²) in [6.07, 6.45) is 0. The number of aliphatic hydroxyl groups excluding tert-OH is 2. The molecule has 51 heavy (non-hydrogen) atoms. The molecule has 6 N–H and O–H groups in total. The second kappa shape index (κ2) is 31.8. The van der Waals surface area contributed by atoms with Crippen LogP contribution in [-0.4, -0.2) is 124 Å². The number of aliphatic hydroxyl groups is 2. The van der Waals surface area contributed by atoms with Gasteiger partial charge in [0.1, 0.15) is 14.6 Å². The van der Waals surface area contributed by atoms with E-state index in [1.54, 1.807) is 64.2 Å². The number of aryl methyl sites for hydroxylation is 1. The highest BCUT2D eigenvalue weighted by Crippen LogP contribution is 2.58. The van der Waals surface area contributed by atoms with Crippen molar-refractivity contribution in [3.63, 3.8) is 0 Å². The van der Waals surface area contributed by atoms with Crippen molar-refractivity contribution in [2.24, 2.45) is 5.73 Å². The van der Waals surface area contributed by atoms with Crippen molar-refractivity contribution < 1.29 is 45.6 Å². The molecule has 14 nitrogen and oxygen atoms in total. The van der Waals surface area contributed by atoms with Crippen molar-refractivity contribution in [2.45, 2.75) is 77.5 Å². The Morgan fingerprint density at radius 1 is 0.863 bits per heavy atom. The number of rotatable bonds is 15. The third-order valence-corrected chi connectivity index (χ3v) is 10.9. The van der Waals surface area contributed by atoms with E-state index in [1.807, 2.05) is 27.7 Å². The van der Waals surface area contributed by atoms with Crippen LogP contribution in [0.5, 0.6) is 0 Å². The Bertz CT molecular complexity index is 1240. The first-order chi connectivity index (χ1) is 23.3. The van der Waals surface area contributed by atoms with Crippen molar-refractivity contribution in [3.8, 4) is 0 Å². The molecule has 1 heterocycles. The molecule has 308 valence electrons. The van der Waals surface area contributed by atoms with E-state index in [9.17, 15) is 22.1 Å². The highest BCUT2D eigenvalue weighted by molar-refractivity contribution is 7.86. The number of nitrogens with two attached hydrogens (primary N) is 1. The molecular formula is C29H63Cl4N4O10P3S. The lowest BCUT2D eigenvalue weighted by molar-refractivity contribution is 0.195. The lowest BCUT2D eigenvalue weighted by atomic mass is 10.2. The quantitative estimate of drug-likeness (QED) is 0.0535. The second-order valence-electron chi connectivity index (χ2n) is 11.6. The third-order valence-electron chi connectivity index (χ3n) is 5.13. The van der Waals surface area contributed by atoms with Gasteiger partial charge in [-0.25, -0.2) is 9.24 Å². The Balaban J connectivity index is -0.000000297. The van der Waals surface area contributed by atoms with Gasteiger partial charge < -0.3 is 25.1 Å². The second-order valence-corrected chi connectivity index (χ2v) is 22.8. The van der Waals surface area contributed by atoms with Gasteiger partial charge in [0, 0.05) is 57.4 Å². The van der Waals surface area contributed by atoms with E-state index < -0.39 is 32.4 Å². The lowest BCUT2D eigenvalue weighted by Gasteiger charge is -2.17. The molecule has 0 aliphatic carbocycles. The highest BCUT2D eigenvalue weighted by Gasteiger charge is 2.46. The Labute approximate surface area is 327 Å². The summed E-state index contributed by atoms with van der Waals surface area (Å²) in [5, 5.41) is 22.5. The van der Waals surface area contributed by atoms with Crippen molar-refractivity contribution in [2.75, 3.05) is 76.9 Å². The van der Waals surface area contributed by atoms with Crippen LogP contribution in [0.3, 0.4) is 0 Å². The molecule has 0 spiro atoms. The van der Waals surface area contributed by atoms with E-state index in [0.717, 1.165) is 12.1 Å². The topological polar surface area (TPSA) is 207 Å². The standard InChI is InChI=1S/C12H20NO4PS.C7H16NO3P.C5H14NO2P.C3H9NO.2CH2Cl2/c1-10-5-7-12(8-6-10)19(15,16)17-9-11(2)13-18(3,4)14;1-4-10-12(9,11-5-2)8-6-7(8)3;1-5(4-7)6-9(2,3)8;1-3(4)2-5;2*2-1-3/h5-8,11H,9H2,1-4H3,(H,13,14);7H,4-6H2,1-3H3;5,7H,4H2,1-3H3,(H,6,8);3,5H,2,4H2,1H3;2*1H2/t11-;7-,8?;5-;3-;;/m1111../s1. The fourth-order valence-corrected chi connectivity index (χ4v) is 8.39. The molecule has 1 aromatic carbocycles. The van der Waals surface area contributed by atoms with Gasteiger partial charge in [-0.1, -0.05) is 17.7 Å². The number of alkyl halides is 4. The van der Waals surface area contributed by atoms with Gasteiger partial charge in [0.05, 0.1) is 48.6 Å². The van der Waals surface area contributed by atoms with E-state index in [-0.39, 0.29) is 53.5 Å². The van der Waals surface area contributed by atoms with Crippen LogP contribution in [0.15, 0.2) is 29.2 Å². The summed E-state index contributed by atoms with van der Waals surface area (Å²) in [6, 6.07) is 6.35. The van der Waals surface area contributed by atoms with Gasteiger partial charge in [0.2, 0.25) is 0 Å².